The molecule has 0 radical (unpaired) electrons. The van der Waals surface area contributed by atoms with Crippen LogP contribution in [0.5, 0.6) is 0 Å². The molecule has 112 valence electrons. The maximum absolute atomic E-state index is 11.2. The molecule has 2 aromatic rings. The third kappa shape index (κ3) is 2.46. The largest absolute Gasteiger partial charge is 0.394 e. The Morgan fingerprint density at radius 3 is 3.00 bits per heavy atom. The van der Waals surface area contributed by atoms with E-state index < -0.39 is 18.4 Å². The Morgan fingerprint density at radius 2 is 2.33 bits per heavy atom. The van der Waals surface area contributed by atoms with E-state index >= 15 is 0 Å². The standard InChI is InChI=1S/C12H15N5O4/c1-6(19)16-11-10-12(14-4-13-11)17(5-15-10)9-2-7(20)8(3-18)21-9/h4-5,7-9,18,20H,2-3H2,1H3,(H,13,14,16,19)/t7?,8-,9-/m1/s1. The van der Waals surface area contributed by atoms with Crippen molar-refractivity contribution >= 4 is 22.9 Å². The lowest BCUT2D eigenvalue weighted by Gasteiger charge is -2.13. The molecular formula is C12H15N5O4. The number of hydrogen-bond donors (Lipinski definition) is 3. The van der Waals surface area contributed by atoms with E-state index in [0.29, 0.717) is 23.4 Å². The fourth-order valence-electron chi connectivity index (χ4n) is 2.37. The summed E-state index contributed by atoms with van der Waals surface area (Å²) >= 11 is 0. The molecule has 0 aromatic carbocycles. The number of carbonyl (C=O) groups is 1. The molecule has 1 fully saturated rings. The number of nitrogens with zero attached hydrogens (tertiary/aromatic N) is 4. The fraction of sp³-hybridized carbons (Fsp3) is 0.500. The predicted molar refractivity (Wildman–Crippen MR) is 71.2 cm³/mol. The summed E-state index contributed by atoms with van der Waals surface area (Å²) < 4.78 is 7.23. The molecule has 1 aliphatic rings. The highest BCUT2D eigenvalue weighted by Crippen LogP contribution is 2.31. The zero-order valence-corrected chi connectivity index (χ0v) is 11.3. The maximum atomic E-state index is 11.2. The summed E-state index contributed by atoms with van der Waals surface area (Å²) in [6, 6.07) is 0. The van der Waals surface area contributed by atoms with Gasteiger partial charge in [0.25, 0.3) is 0 Å². The van der Waals surface area contributed by atoms with Gasteiger partial charge in [0, 0.05) is 13.3 Å². The number of rotatable bonds is 3. The minimum absolute atomic E-state index is 0.252. The molecule has 0 bridgehead atoms. The summed E-state index contributed by atoms with van der Waals surface area (Å²) in [6.45, 7) is 1.13. The van der Waals surface area contributed by atoms with Crippen LogP contribution in [0, 0.1) is 0 Å². The molecule has 2 aromatic heterocycles. The number of amides is 1. The molecular weight excluding hydrogens is 278 g/mol. The van der Waals surface area contributed by atoms with Crippen LogP contribution in [-0.4, -0.2) is 54.5 Å². The van der Waals surface area contributed by atoms with Gasteiger partial charge in [0.15, 0.2) is 17.0 Å². The normalized spacial score (nSPS) is 25.4. The Hall–Kier alpha value is -2.10. The Balaban J connectivity index is 1.96. The molecule has 0 saturated carbocycles. The average Bonchev–Trinajstić information content (AvgIpc) is 3.02. The van der Waals surface area contributed by atoms with Crippen LogP contribution in [0.15, 0.2) is 12.7 Å². The van der Waals surface area contributed by atoms with Crippen LogP contribution >= 0.6 is 0 Å². The van der Waals surface area contributed by atoms with Gasteiger partial charge in [-0.3, -0.25) is 9.36 Å². The van der Waals surface area contributed by atoms with Gasteiger partial charge in [-0.15, -0.1) is 0 Å². The molecule has 3 rings (SSSR count). The Labute approximate surface area is 119 Å². The smallest absolute Gasteiger partial charge is 0.222 e. The number of imidazole rings is 1. The van der Waals surface area contributed by atoms with E-state index in [1.165, 1.54) is 19.6 Å². The molecule has 9 nitrogen and oxygen atoms in total. The second-order valence-electron chi connectivity index (χ2n) is 4.84. The van der Waals surface area contributed by atoms with Crippen LogP contribution in [-0.2, 0) is 9.53 Å². The van der Waals surface area contributed by atoms with Crippen LogP contribution in [0.1, 0.15) is 19.6 Å². The summed E-state index contributed by atoms with van der Waals surface area (Å²) in [5.74, 6) is 0.0703. The number of fused-ring (bicyclic) bond motifs is 1. The lowest BCUT2D eigenvalue weighted by molar-refractivity contribution is -0.114. The molecule has 3 heterocycles. The van der Waals surface area contributed by atoms with Crippen molar-refractivity contribution in [3.63, 3.8) is 0 Å². The van der Waals surface area contributed by atoms with E-state index in [1.807, 2.05) is 0 Å². The van der Waals surface area contributed by atoms with E-state index in [0.717, 1.165) is 0 Å². The molecule has 9 heteroatoms. The zero-order valence-electron chi connectivity index (χ0n) is 11.3. The van der Waals surface area contributed by atoms with E-state index in [9.17, 15) is 9.90 Å². The predicted octanol–water partition coefficient (Wildman–Crippen LogP) is -0.575. The van der Waals surface area contributed by atoms with Crippen LogP contribution < -0.4 is 5.32 Å². The van der Waals surface area contributed by atoms with Crippen LogP contribution in [0.4, 0.5) is 5.82 Å². The monoisotopic (exact) mass is 293 g/mol. The Bertz CT molecular complexity index is 673. The molecule has 1 unspecified atom stereocenters. The first-order chi connectivity index (χ1) is 10.1. The molecule has 0 aliphatic carbocycles. The van der Waals surface area contributed by atoms with Gasteiger partial charge in [0.2, 0.25) is 5.91 Å². The van der Waals surface area contributed by atoms with E-state index in [4.69, 9.17) is 9.84 Å². The molecule has 3 N–H and O–H groups in total. The number of aliphatic hydroxyl groups excluding tert-OH is 2. The zero-order chi connectivity index (χ0) is 15.0. The molecule has 21 heavy (non-hydrogen) atoms. The maximum Gasteiger partial charge on any atom is 0.222 e. The lowest BCUT2D eigenvalue weighted by Crippen LogP contribution is -2.24. The molecule has 1 saturated heterocycles. The number of hydrogen-bond acceptors (Lipinski definition) is 7. The number of nitrogens with one attached hydrogen (secondary N) is 1. The van der Waals surface area contributed by atoms with Crippen molar-refractivity contribution in [3.8, 4) is 0 Å². The van der Waals surface area contributed by atoms with Gasteiger partial charge in [-0.05, 0) is 0 Å². The number of aromatic nitrogens is 4. The Kier molecular flexibility index (Phi) is 3.53. The highest BCUT2D eigenvalue weighted by molar-refractivity contribution is 5.95. The van der Waals surface area contributed by atoms with Crippen molar-refractivity contribution in [2.45, 2.75) is 31.8 Å². The van der Waals surface area contributed by atoms with Crippen molar-refractivity contribution in [3.05, 3.63) is 12.7 Å². The van der Waals surface area contributed by atoms with Gasteiger partial charge >= 0.3 is 0 Å². The molecule has 0 spiro atoms. The first kappa shape index (κ1) is 13.9. The number of anilines is 1. The highest BCUT2D eigenvalue weighted by Gasteiger charge is 2.35. The van der Waals surface area contributed by atoms with E-state index in [2.05, 4.69) is 20.3 Å². The minimum Gasteiger partial charge on any atom is -0.394 e. The summed E-state index contributed by atoms with van der Waals surface area (Å²) in [5, 5.41) is 21.5. The van der Waals surface area contributed by atoms with Gasteiger partial charge in [-0.1, -0.05) is 0 Å². The lowest BCUT2D eigenvalue weighted by atomic mass is 10.2. The third-order valence-electron chi connectivity index (χ3n) is 3.35. The minimum atomic E-state index is -0.742. The second kappa shape index (κ2) is 5.35. The van der Waals surface area contributed by atoms with Gasteiger partial charge in [-0.2, -0.15) is 0 Å². The van der Waals surface area contributed by atoms with Crippen molar-refractivity contribution in [2.24, 2.45) is 0 Å². The average molecular weight is 293 g/mol. The first-order valence-corrected chi connectivity index (χ1v) is 6.49. The molecule has 3 atom stereocenters. The van der Waals surface area contributed by atoms with Crippen LogP contribution in [0.2, 0.25) is 0 Å². The van der Waals surface area contributed by atoms with Gasteiger partial charge in [0.1, 0.15) is 18.7 Å². The summed E-state index contributed by atoms with van der Waals surface area (Å²) in [5.41, 5.74) is 0.933. The summed E-state index contributed by atoms with van der Waals surface area (Å²) in [6.07, 6.45) is 1.33. The van der Waals surface area contributed by atoms with Crippen LogP contribution in [0.25, 0.3) is 11.2 Å². The number of aliphatic hydroxyl groups is 2. The summed E-state index contributed by atoms with van der Waals surface area (Å²) in [4.78, 5) is 23.5. The highest BCUT2D eigenvalue weighted by atomic mass is 16.5. The fourth-order valence-corrected chi connectivity index (χ4v) is 2.37. The Morgan fingerprint density at radius 1 is 1.52 bits per heavy atom. The quantitative estimate of drug-likeness (QED) is 0.692. The van der Waals surface area contributed by atoms with Crippen LogP contribution in [0.3, 0.4) is 0 Å². The van der Waals surface area contributed by atoms with Crippen molar-refractivity contribution in [1.82, 2.24) is 19.5 Å². The summed E-state index contributed by atoms with van der Waals surface area (Å²) in [7, 11) is 0. The van der Waals surface area contributed by atoms with Crippen molar-refractivity contribution in [1.29, 1.82) is 0 Å². The number of carbonyl (C=O) groups excluding carboxylic acids is 1. The molecule has 1 amide bonds. The molecule has 1 aliphatic heterocycles. The topological polar surface area (TPSA) is 122 Å². The number of ether oxygens (including phenoxy) is 1. The van der Waals surface area contributed by atoms with Gasteiger partial charge < -0.3 is 20.3 Å². The van der Waals surface area contributed by atoms with E-state index in [1.54, 1.807) is 4.57 Å². The first-order valence-electron chi connectivity index (χ1n) is 6.49. The van der Waals surface area contributed by atoms with Gasteiger partial charge in [0.05, 0.1) is 19.0 Å². The second-order valence-corrected chi connectivity index (χ2v) is 4.84. The van der Waals surface area contributed by atoms with E-state index in [-0.39, 0.29) is 12.5 Å². The SMILES string of the molecule is CC(=O)Nc1ncnc2c1ncn2[C@H]1CC(O)[C@@H](CO)O1. The van der Waals surface area contributed by atoms with Gasteiger partial charge in [-0.25, -0.2) is 15.0 Å². The van der Waals surface area contributed by atoms with Crippen molar-refractivity contribution < 1.29 is 19.7 Å². The van der Waals surface area contributed by atoms with Crippen molar-refractivity contribution in [2.75, 3.05) is 11.9 Å². The third-order valence-corrected chi connectivity index (χ3v) is 3.35.